The van der Waals surface area contributed by atoms with Crippen LogP contribution in [0, 0.1) is 12.8 Å². The van der Waals surface area contributed by atoms with Crippen LogP contribution in [0.15, 0.2) is 76.6 Å². The molecular formula is C32H26F3N3O6S2. The molecule has 46 heavy (non-hydrogen) atoms. The van der Waals surface area contributed by atoms with Crippen molar-refractivity contribution in [1.29, 1.82) is 0 Å². The van der Waals surface area contributed by atoms with Crippen molar-refractivity contribution in [3.05, 3.63) is 98.0 Å². The van der Waals surface area contributed by atoms with E-state index in [0.29, 0.717) is 21.2 Å². The topological polar surface area (TPSA) is 118 Å². The number of aryl methyl sites for hydroxylation is 1. The van der Waals surface area contributed by atoms with Crippen molar-refractivity contribution in [2.75, 3.05) is 23.4 Å². The van der Waals surface area contributed by atoms with Crippen LogP contribution >= 0.6 is 23.1 Å². The third-order valence-electron chi connectivity index (χ3n) is 7.58. The lowest BCUT2D eigenvalue weighted by atomic mass is 9.83. The van der Waals surface area contributed by atoms with E-state index in [2.05, 4.69) is 10.3 Å². The minimum atomic E-state index is -4.67. The summed E-state index contributed by atoms with van der Waals surface area (Å²) in [6.07, 6.45) is -4.67. The molecule has 3 heterocycles. The predicted molar refractivity (Wildman–Crippen MR) is 167 cm³/mol. The van der Waals surface area contributed by atoms with Crippen LogP contribution < -0.4 is 24.6 Å². The molecule has 2 aliphatic rings. The molecule has 238 valence electrons. The molecule has 14 heteroatoms. The fraction of sp³-hybridized carbons (Fsp3) is 0.250. The second-order valence-corrected chi connectivity index (χ2v) is 12.8. The normalized spacial score (nSPS) is 19.1. The van der Waals surface area contributed by atoms with Crippen LogP contribution in [0.1, 0.15) is 34.4 Å². The number of fused-ring (bicyclic) bond motifs is 2. The molecule has 9 nitrogen and oxygen atoms in total. The van der Waals surface area contributed by atoms with Gasteiger partial charge in [-0.2, -0.15) is 13.2 Å². The zero-order chi connectivity index (χ0) is 32.7. The molecule has 2 N–H and O–H groups in total. The number of nitrogens with one attached hydrogen (secondary N) is 2. The number of carbonyl (C=O) groups is 3. The number of H-pyrrole nitrogens is 1. The molecule has 1 fully saturated rings. The van der Waals surface area contributed by atoms with Gasteiger partial charge >= 0.3 is 11.0 Å². The maximum Gasteiger partial charge on any atom is 0.416 e. The minimum Gasteiger partial charge on any atom is -0.490 e. The number of aromatic amines is 1. The number of aromatic nitrogens is 1. The standard InChI is InChI=1S/C32H26F3N3O6S2/c1-3-43-22-13-17(9-12-21(22)44-15-23(39)36-19-10-7-16(2)8-11-19)24-25-27(45-28-26(24)46-31(42)37-28)30(41)38(29(25)40)20-6-4-5-18(14-20)32(33,34)35/h4-14,24-25,27H,3,15H2,1-2H3,(H,36,39)(H,37,42)/t24-,25?,27?/m1/s1. The summed E-state index contributed by atoms with van der Waals surface area (Å²) < 4.78 is 52.0. The number of amides is 3. The highest BCUT2D eigenvalue weighted by Gasteiger charge is 2.56. The first kappa shape index (κ1) is 31.4. The maximum atomic E-state index is 14.0. The average Bonchev–Trinajstić information content (AvgIpc) is 3.51. The summed E-state index contributed by atoms with van der Waals surface area (Å²) in [5, 5.41) is 2.17. The van der Waals surface area contributed by atoms with Crippen molar-refractivity contribution in [3.63, 3.8) is 0 Å². The Bertz CT molecular complexity index is 1890. The average molecular weight is 670 g/mol. The number of ether oxygens (including phenoxy) is 2. The van der Waals surface area contributed by atoms with Gasteiger partial charge in [0.1, 0.15) is 5.25 Å². The Balaban J connectivity index is 1.32. The van der Waals surface area contributed by atoms with Crippen LogP contribution in [0.2, 0.25) is 0 Å². The summed E-state index contributed by atoms with van der Waals surface area (Å²) in [7, 11) is 0. The third kappa shape index (κ3) is 6.01. The van der Waals surface area contributed by atoms with E-state index in [4.69, 9.17) is 9.47 Å². The Morgan fingerprint density at radius 2 is 1.74 bits per heavy atom. The Hall–Kier alpha value is -4.56. The van der Waals surface area contributed by atoms with E-state index in [0.717, 1.165) is 51.8 Å². The summed E-state index contributed by atoms with van der Waals surface area (Å²) in [5.41, 5.74) is 1.01. The Labute approximate surface area is 268 Å². The highest BCUT2D eigenvalue weighted by Crippen LogP contribution is 2.54. The van der Waals surface area contributed by atoms with Crippen molar-refractivity contribution < 1.29 is 37.0 Å². The highest BCUT2D eigenvalue weighted by molar-refractivity contribution is 8.00. The smallest absolute Gasteiger partial charge is 0.416 e. The number of carbonyl (C=O) groups excluding carboxylic acids is 3. The van der Waals surface area contributed by atoms with Crippen LogP contribution in [0.4, 0.5) is 24.5 Å². The van der Waals surface area contributed by atoms with Crippen LogP contribution in [0.3, 0.4) is 0 Å². The lowest BCUT2D eigenvalue weighted by Crippen LogP contribution is -2.32. The van der Waals surface area contributed by atoms with Gasteiger partial charge in [-0.1, -0.05) is 52.9 Å². The second kappa shape index (κ2) is 12.3. The van der Waals surface area contributed by atoms with Gasteiger partial charge in [-0.05, 0) is 61.9 Å². The first-order valence-electron chi connectivity index (χ1n) is 14.2. The molecule has 0 bridgehead atoms. The van der Waals surface area contributed by atoms with Gasteiger partial charge in [0, 0.05) is 16.5 Å². The van der Waals surface area contributed by atoms with Crippen molar-refractivity contribution in [2.45, 2.75) is 36.2 Å². The van der Waals surface area contributed by atoms with Gasteiger partial charge in [0.25, 0.3) is 5.91 Å². The van der Waals surface area contributed by atoms with Gasteiger partial charge < -0.3 is 19.8 Å². The number of anilines is 2. The number of rotatable bonds is 8. The molecule has 0 spiro atoms. The number of thioether (sulfide) groups is 1. The lowest BCUT2D eigenvalue weighted by molar-refractivity contribution is -0.137. The van der Waals surface area contributed by atoms with Gasteiger partial charge in [-0.3, -0.25) is 19.2 Å². The number of nitrogens with zero attached hydrogens (tertiary/aromatic N) is 1. The number of benzene rings is 3. The lowest BCUT2D eigenvalue weighted by Gasteiger charge is -2.30. The summed E-state index contributed by atoms with van der Waals surface area (Å²) in [5.74, 6) is -3.03. The Morgan fingerprint density at radius 3 is 2.46 bits per heavy atom. The summed E-state index contributed by atoms with van der Waals surface area (Å²) in [6, 6.07) is 16.2. The molecule has 3 atom stereocenters. The van der Waals surface area contributed by atoms with Gasteiger partial charge in [0.15, 0.2) is 18.1 Å². The molecule has 6 rings (SSSR count). The van der Waals surface area contributed by atoms with Crippen molar-refractivity contribution in [3.8, 4) is 11.5 Å². The quantitative estimate of drug-likeness (QED) is 0.222. The van der Waals surface area contributed by atoms with E-state index in [1.54, 1.807) is 37.3 Å². The molecule has 2 unspecified atom stereocenters. The predicted octanol–water partition coefficient (Wildman–Crippen LogP) is 5.98. The second-order valence-electron chi connectivity index (χ2n) is 10.7. The number of alkyl halides is 3. The van der Waals surface area contributed by atoms with E-state index in [1.807, 2.05) is 19.1 Å². The van der Waals surface area contributed by atoms with E-state index in [-0.39, 0.29) is 35.3 Å². The summed E-state index contributed by atoms with van der Waals surface area (Å²) in [6.45, 7) is 3.62. The Kier molecular flexibility index (Phi) is 8.42. The van der Waals surface area contributed by atoms with E-state index >= 15 is 0 Å². The molecule has 2 aliphatic heterocycles. The molecule has 0 aliphatic carbocycles. The van der Waals surface area contributed by atoms with Crippen LogP contribution in [0.5, 0.6) is 11.5 Å². The summed E-state index contributed by atoms with van der Waals surface area (Å²) >= 11 is 1.92. The first-order chi connectivity index (χ1) is 21.9. The van der Waals surface area contributed by atoms with E-state index in [1.165, 1.54) is 6.07 Å². The maximum absolute atomic E-state index is 14.0. The van der Waals surface area contributed by atoms with E-state index < -0.39 is 46.5 Å². The number of hydrogen-bond acceptors (Lipinski definition) is 8. The number of halogens is 3. The van der Waals surface area contributed by atoms with Gasteiger partial charge in [0.05, 0.1) is 28.8 Å². The van der Waals surface area contributed by atoms with Crippen LogP contribution in [-0.4, -0.2) is 41.2 Å². The van der Waals surface area contributed by atoms with E-state index in [9.17, 15) is 32.3 Å². The number of hydrogen-bond donors (Lipinski definition) is 2. The van der Waals surface area contributed by atoms with Crippen LogP contribution in [-0.2, 0) is 20.6 Å². The SMILES string of the molecule is CCOc1cc([C@H]2c3sc(=O)[nH]c3SC3C(=O)N(c4cccc(C(F)(F)F)c4)C(=O)C32)ccc1OCC(=O)Nc1ccc(C)cc1. The number of imide groups is 1. The highest BCUT2D eigenvalue weighted by atomic mass is 32.2. The van der Waals surface area contributed by atoms with Crippen molar-refractivity contribution in [2.24, 2.45) is 5.92 Å². The fourth-order valence-electron chi connectivity index (χ4n) is 5.53. The minimum absolute atomic E-state index is 0.182. The molecule has 0 saturated carbocycles. The van der Waals surface area contributed by atoms with Gasteiger partial charge in [-0.25, -0.2) is 4.90 Å². The Morgan fingerprint density at radius 1 is 0.978 bits per heavy atom. The molecule has 3 aromatic carbocycles. The fourth-order valence-corrected chi connectivity index (χ4v) is 8.05. The van der Waals surface area contributed by atoms with Crippen molar-refractivity contribution in [1.82, 2.24) is 4.98 Å². The molecule has 3 amide bonds. The molecule has 1 aromatic heterocycles. The zero-order valence-corrected chi connectivity index (χ0v) is 26.0. The molecule has 0 radical (unpaired) electrons. The largest absolute Gasteiger partial charge is 0.490 e. The van der Waals surface area contributed by atoms with Crippen molar-refractivity contribution >= 4 is 52.2 Å². The van der Waals surface area contributed by atoms with Gasteiger partial charge in [-0.15, -0.1) is 0 Å². The summed E-state index contributed by atoms with van der Waals surface area (Å²) in [4.78, 5) is 56.3. The van der Waals surface area contributed by atoms with Gasteiger partial charge in [0.2, 0.25) is 11.8 Å². The third-order valence-corrected chi connectivity index (χ3v) is 9.98. The molecular weight excluding hydrogens is 643 g/mol. The zero-order valence-electron chi connectivity index (χ0n) is 24.3. The molecule has 4 aromatic rings. The monoisotopic (exact) mass is 669 g/mol. The number of thiazole rings is 1. The first-order valence-corrected chi connectivity index (χ1v) is 15.8. The molecule has 1 saturated heterocycles. The van der Waals surface area contributed by atoms with Crippen LogP contribution in [0.25, 0.3) is 0 Å².